The minimum absolute atomic E-state index is 0.245. The van der Waals surface area contributed by atoms with Crippen LogP contribution in [0.4, 0.5) is 0 Å². The van der Waals surface area contributed by atoms with E-state index in [2.05, 4.69) is 9.71 Å². The van der Waals surface area contributed by atoms with Crippen LogP contribution in [0.1, 0.15) is 18.1 Å². The molecular formula is C14H20N4O2S. The van der Waals surface area contributed by atoms with E-state index < -0.39 is 10.0 Å². The summed E-state index contributed by atoms with van der Waals surface area (Å²) in [5.74, 6) is 0. The number of hydrogen-bond acceptors (Lipinski definition) is 4. The fraction of sp³-hybridized carbons (Fsp3) is 0.357. The topological polar surface area (TPSA) is 90.0 Å². The van der Waals surface area contributed by atoms with Crippen LogP contribution in [0.25, 0.3) is 0 Å². The smallest absolute Gasteiger partial charge is 0.241 e. The molecule has 0 radical (unpaired) electrons. The van der Waals surface area contributed by atoms with Crippen molar-refractivity contribution in [3.8, 4) is 0 Å². The van der Waals surface area contributed by atoms with E-state index in [1.807, 2.05) is 17.6 Å². The van der Waals surface area contributed by atoms with Gasteiger partial charge in [0.1, 0.15) is 0 Å². The SMILES string of the molecule is Cc1ccc(CN)cc1S(=O)(=O)NC(C)Cn1ccnc1. The van der Waals surface area contributed by atoms with E-state index in [0.717, 1.165) is 5.56 Å². The Balaban J connectivity index is 2.18. The molecule has 0 aliphatic rings. The summed E-state index contributed by atoms with van der Waals surface area (Å²) in [5.41, 5.74) is 7.08. The van der Waals surface area contributed by atoms with Crippen molar-refractivity contribution in [1.29, 1.82) is 0 Å². The third-order valence-electron chi connectivity index (χ3n) is 3.18. The molecular weight excluding hydrogens is 288 g/mol. The number of rotatable bonds is 6. The van der Waals surface area contributed by atoms with Crippen LogP contribution in [0.2, 0.25) is 0 Å². The van der Waals surface area contributed by atoms with Crippen LogP contribution in [0.3, 0.4) is 0 Å². The van der Waals surface area contributed by atoms with Crippen LogP contribution >= 0.6 is 0 Å². The highest BCUT2D eigenvalue weighted by atomic mass is 32.2. The van der Waals surface area contributed by atoms with E-state index in [4.69, 9.17) is 5.73 Å². The Labute approximate surface area is 125 Å². The predicted octanol–water partition coefficient (Wildman–Crippen LogP) is 1.02. The van der Waals surface area contributed by atoms with Crippen LogP contribution in [-0.2, 0) is 23.1 Å². The number of nitrogens with one attached hydrogen (secondary N) is 1. The van der Waals surface area contributed by atoms with Crippen LogP contribution < -0.4 is 10.5 Å². The Morgan fingerprint density at radius 3 is 2.81 bits per heavy atom. The van der Waals surface area contributed by atoms with Crippen molar-refractivity contribution in [3.63, 3.8) is 0 Å². The minimum atomic E-state index is -3.57. The third-order valence-corrected chi connectivity index (χ3v) is 4.91. The van der Waals surface area contributed by atoms with Crippen molar-refractivity contribution in [3.05, 3.63) is 48.0 Å². The van der Waals surface area contributed by atoms with E-state index in [1.54, 1.807) is 37.8 Å². The molecule has 0 spiro atoms. The number of sulfonamides is 1. The molecule has 114 valence electrons. The molecule has 2 aromatic rings. The monoisotopic (exact) mass is 308 g/mol. The number of aryl methyl sites for hydroxylation is 1. The van der Waals surface area contributed by atoms with Crippen molar-refractivity contribution >= 4 is 10.0 Å². The zero-order valence-electron chi connectivity index (χ0n) is 12.2. The van der Waals surface area contributed by atoms with Gasteiger partial charge in [-0.1, -0.05) is 12.1 Å². The van der Waals surface area contributed by atoms with Crippen molar-refractivity contribution < 1.29 is 8.42 Å². The van der Waals surface area contributed by atoms with Gasteiger partial charge in [-0.3, -0.25) is 0 Å². The molecule has 0 saturated heterocycles. The summed E-state index contributed by atoms with van der Waals surface area (Å²) in [4.78, 5) is 4.22. The van der Waals surface area contributed by atoms with Gasteiger partial charge in [-0.05, 0) is 31.0 Å². The molecule has 1 unspecified atom stereocenters. The molecule has 0 amide bonds. The highest BCUT2D eigenvalue weighted by Crippen LogP contribution is 2.17. The molecule has 3 N–H and O–H groups in total. The molecule has 7 heteroatoms. The standard InChI is InChI=1S/C14H20N4O2S/c1-11-3-4-13(8-15)7-14(11)21(19,20)17-12(2)9-18-6-5-16-10-18/h3-7,10,12,17H,8-9,15H2,1-2H3. The number of hydrogen-bond donors (Lipinski definition) is 2. The largest absolute Gasteiger partial charge is 0.336 e. The number of nitrogens with two attached hydrogens (primary N) is 1. The Hall–Kier alpha value is -1.70. The molecule has 0 aliphatic carbocycles. The van der Waals surface area contributed by atoms with Gasteiger partial charge < -0.3 is 10.3 Å². The molecule has 1 aromatic carbocycles. The molecule has 1 atom stereocenters. The van der Waals surface area contributed by atoms with E-state index >= 15 is 0 Å². The molecule has 2 rings (SSSR count). The molecule has 21 heavy (non-hydrogen) atoms. The van der Waals surface area contributed by atoms with Gasteiger partial charge in [0.15, 0.2) is 0 Å². The average molecular weight is 308 g/mol. The zero-order chi connectivity index (χ0) is 15.5. The van der Waals surface area contributed by atoms with E-state index in [1.165, 1.54) is 0 Å². The normalized spacial score (nSPS) is 13.3. The van der Waals surface area contributed by atoms with Crippen LogP contribution in [0, 0.1) is 6.92 Å². The van der Waals surface area contributed by atoms with Gasteiger partial charge in [-0.15, -0.1) is 0 Å². The molecule has 0 bridgehead atoms. The Bertz CT molecular complexity index is 696. The summed E-state index contributed by atoms with van der Waals surface area (Å²) in [7, 11) is -3.57. The summed E-state index contributed by atoms with van der Waals surface area (Å²) in [6.45, 7) is 4.43. The lowest BCUT2D eigenvalue weighted by Crippen LogP contribution is -2.35. The first-order valence-electron chi connectivity index (χ1n) is 6.70. The second kappa shape index (κ2) is 6.38. The van der Waals surface area contributed by atoms with E-state index in [9.17, 15) is 8.42 Å². The lowest BCUT2D eigenvalue weighted by atomic mass is 10.1. The molecule has 0 saturated carbocycles. The molecule has 0 fully saturated rings. The summed E-state index contributed by atoms with van der Waals surface area (Å²) in [5, 5.41) is 0. The van der Waals surface area contributed by atoms with Crippen molar-refractivity contribution in [2.75, 3.05) is 0 Å². The van der Waals surface area contributed by atoms with Gasteiger partial charge in [-0.2, -0.15) is 0 Å². The van der Waals surface area contributed by atoms with E-state index in [0.29, 0.717) is 18.7 Å². The highest BCUT2D eigenvalue weighted by molar-refractivity contribution is 7.89. The van der Waals surface area contributed by atoms with Gasteiger partial charge in [0.25, 0.3) is 0 Å². The van der Waals surface area contributed by atoms with Gasteiger partial charge in [0.2, 0.25) is 10.0 Å². The summed E-state index contributed by atoms with van der Waals surface area (Å²) in [6.07, 6.45) is 5.12. The van der Waals surface area contributed by atoms with Crippen molar-refractivity contribution in [2.24, 2.45) is 5.73 Å². The highest BCUT2D eigenvalue weighted by Gasteiger charge is 2.20. The number of imidazole rings is 1. The number of aromatic nitrogens is 2. The van der Waals surface area contributed by atoms with E-state index in [-0.39, 0.29) is 10.9 Å². The first-order chi connectivity index (χ1) is 9.92. The average Bonchev–Trinajstić information content (AvgIpc) is 2.91. The molecule has 1 aromatic heterocycles. The van der Waals surface area contributed by atoms with Crippen LogP contribution in [0.15, 0.2) is 41.8 Å². The summed E-state index contributed by atoms with van der Waals surface area (Å²) < 4.78 is 29.5. The predicted molar refractivity (Wildman–Crippen MR) is 81.1 cm³/mol. The van der Waals surface area contributed by atoms with Gasteiger partial charge in [0, 0.05) is 31.5 Å². The minimum Gasteiger partial charge on any atom is -0.336 e. The van der Waals surface area contributed by atoms with Crippen molar-refractivity contribution in [1.82, 2.24) is 14.3 Å². The molecule has 1 heterocycles. The Kier molecular flexibility index (Phi) is 4.76. The van der Waals surface area contributed by atoms with Gasteiger partial charge in [-0.25, -0.2) is 18.1 Å². The fourth-order valence-corrected chi connectivity index (χ4v) is 3.67. The quantitative estimate of drug-likeness (QED) is 0.833. The number of nitrogens with zero attached hydrogens (tertiary/aromatic N) is 2. The van der Waals surface area contributed by atoms with Gasteiger partial charge in [0.05, 0.1) is 11.2 Å². The number of benzene rings is 1. The van der Waals surface area contributed by atoms with Crippen molar-refractivity contribution in [2.45, 2.75) is 37.9 Å². The first kappa shape index (κ1) is 15.7. The lowest BCUT2D eigenvalue weighted by Gasteiger charge is -2.16. The second-order valence-corrected chi connectivity index (χ2v) is 6.77. The van der Waals surface area contributed by atoms with Gasteiger partial charge >= 0.3 is 0 Å². The molecule has 0 aliphatic heterocycles. The molecule has 6 nitrogen and oxygen atoms in total. The third kappa shape index (κ3) is 3.90. The maximum atomic E-state index is 12.5. The Morgan fingerprint density at radius 1 is 1.43 bits per heavy atom. The summed E-state index contributed by atoms with van der Waals surface area (Å²) in [6, 6.07) is 4.99. The van der Waals surface area contributed by atoms with Crippen LogP contribution in [0.5, 0.6) is 0 Å². The maximum Gasteiger partial charge on any atom is 0.241 e. The zero-order valence-corrected chi connectivity index (χ0v) is 13.0. The fourth-order valence-electron chi connectivity index (χ4n) is 2.14. The van der Waals surface area contributed by atoms with Crippen LogP contribution in [-0.4, -0.2) is 24.0 Å². The summed E-state index contributed by atoms with van der Waals surface area (Å²) >= 11 is 0. The first-order valence-corrected chi connectivity index (χ1v) is 8.18. The second-order valence-electron chi connectivity index (χ2n) is 5.09. The maximum absolute atomic E-state index is 12.5. The Morgan fingerprint density at radius 2 is 2.19 bits per heavy atom. The lowest BCUT2D eigenvalue weighted by molar-refractivity contribution is 0.520.